The van der Waals surface area contributed by atoms with E-state index in [1.807, 2.05) is 0 Å². The van der Waals surface area contributed by atoms with Crippen LogP contribution in [0.4, 0.5) is 0 Å². The highest BCUT2D eigenvalue weighted by Gasteiger charge is 2.14. The molecular weight excluding hydrogens is 140 g/mol. The summed E-state index contributed by atoms with van der Waals surface area (Å²) in [5.41, 5.74) is 0. The Bertz CT molecular complexity index is 78.8. The molecular formula is C9H20S. The molecule has 0 aromatic carbocycles. The smallest absolute Gasteiger partial charge is 0.00447 e. The van der Waals surface area contributed by atoms with Crippen LogP contribution in [0.25, 0.3) is 0 Å². The molecule has 62 valence electrons. The lowest BCUT2D eigenvalue weighted by Crippen LogP contribution is -2.16. The Labute approximate surface area is 70.8 Å². The lowest BCUT2D eigenvalue weighted by molar-refractivity contribution is 0.393. The normalized spacial score (nSPS) is 17.4. The van der Waals surface area contributed by atoms with E-state index in [1.165, 1.54) is 12.8 Å². The summed E-state index contributed by atoms with van der Waals surface area (Å²) in [5, 5.41) is 0.602. The predicted octanol–water partition coefficient (Wildman–Crippen LogP) is 3.38. The van der Waals surface area contributed by atoms with E-state index in [4.69, 9.17) is 0 Å². The van der Waals surface area contributed by atoms with Gasteiger partial charge in [0, 0.05) is 5.25 Å². The number of thiol groups is 1. The zero-order valence-corrected chi connectivity index (χ0v) is 8.49. The Morgan fingerprint density at radius 2 is 1.70 bits per heavy atom. The molecule has 0 N–H and O–H groups in total. The first kappa shape index (κ1) is 10.3. The van der Waals surface area contributed by atoms with E-state index in [2.05, 4.69) is 40.3 Å². The van der Waals surface area contributed by atoms with Gasteiger partial charge in [-0.25, -0.2) is 0 Å². The topological polar surface area (TPSA) is 0 Å². The summed E-state index contributed by atoms with van der Waals surface area (Å²) in [6.07, 6.45) is 2.51. The second kappa shape index (κ2) is 5.06. The molecule has 0 spiro atoms. The molecule has 0 aliphatic heterocycles. The van der Waals surface area contributed by atoms with Crippen molar-refractivity contribution in [1.29, 1.82) is 0 Å². The van der Waals surface area contributed by atoms with Crippen molar-refractivity contribution in [2.45, 2.75) is 45.8 Å². The van der Waals surface area contributed by atoms with Crippen molar-refractivity contribution in [1.82, 2.24) is 0 Å². The van der Waals surface area contributed by atoms with Gasteiger partial charge in [-0.1, -0.05) is 34.1 Å². The second-order valence-electron chi connectivity index (χ2n) is 3.46. The minimum atomic E-state index is 0.602. The molecule has 0 saturated heterocycles. The first-order valence-electron chi connectivity index (χ1n) is 4.27. The maximum atomic E-state index is 4.54. The van der Waals surface area contributed by atoms with E-state index in [0.29, 0.717) is 5.25 Å². The van der Waals surface area contributed by atoms with Crippen LogP contribution in [0.3, 0.4) is 0 Å². The van der Waals surface area contributed by atoms with E-state index in [0.717, 1.165) is 11.8 Å². The fourth-order valence-corrected chi connectivity index (χ4v) is 1.61. The van der Waals surface area contributed by atoms with Crippen molar-refractivity contribution >= 4 is 12.6 Å². The average molecular weight is 160 g/mol. The van der Waals surface area contributed by atoms with E-state index >= 15 is 0 Å². The zero-order chi connectivity index (χ0) is 8.15. The molecule has 0 rings (SSSR count). The Hall–Kier alpha value is 0.350. The Morgan fingerprint density at radius 3 is 2.00 bits per heavy atom. The standard InChI is InChI=1S/C9H20S/c1-5-6-9(10)8(4)7(2)3/h7-10H,5-6H2,1-4H3. The second-order valence-corrected chi connectivity index (χ2v) is 4.12. The Balaban J connectivity index is 3.58. The highest BCUT2D eigenvalue weighted by atomic mass is 32.1. The van der Waals surface area contributed by atoms with Crippen molar-refractivity contribution < 1.29 is 0 Å². The van der Waals surface area contributed by atoms with Gasteiger partial charge in [-0.2, -0.15) is 12.6 Å². The first-order chi connectivity index (χ1) is 4.59. The lowest BCUT2D eigenvalue weighted by atomic mass is 9.92. The van der Waals surface area contributed by atoms with Crippen molar-refractivity contribution in [3.63, 3.8) is 0 Å². The minimum Gasteiger partial charge on any atom is -0.176 e. The summed E-state index contributed by atoms with van der Waals surface area (Å²) in [4.78, 5) is 0. The van der Waals surface area contributed by atoms with E-state index in [-0.39, 0.29) is 0 Å². The molecule has 0 aliphatic carbocycles. The molecule has 0 fully saturated rings. The third-order valence-corrected chi connectivity index (χ3v) is 2.97. The van der Waals surface area contributed by atoms with Crippen molar-refractivity contribution in [2.24, 2.45) is 11.8 Å². The molecule has 0 aromatic heterocycles. The Morgan fingerprint density at radius 1 is 1.20 bits per heavy atom. The predicted molar refractivity (Wildman–Crippen MR) is 51.7 cm³/mol. The van der Waals surface area contributed by atoms with Crippen LogP contribution in [0.5, 0.6) is 0 Å². The van der Waals surface area contributed by atoms with E-state index in [1.54, 1.807) is 0 Å². The van der Waals surface area contributed by atoms with E-state index in [9.17, 15) is 0 Å². The minimum absolute atomic E-state index is 0.602. The first-order valence-corrected chi connectivity index (χ1v) is 4.79. The van der Waals surface area contributed by atoms with Gasteiger partial charge in [-0.05, 0) is 18.3 Å². The number of hydrogen-bond acceptors (Lipinski definition) is 1. The van der Waals surface area contributed by atoms with Crippen LogP contribution < -0.4 is 0 Å². The maximum absolute atomic E-state index is 4.54. The fraction of sp³-hybridized carbons (Fsp3) is 1.00. The largest absolute Gasteiger partial charge is 0.176 e. The quantitative estimate of drug-likeness (QED) is 0.599. The number of hydrogen-bond donors (Lipinski definition) is 1. The highest BCUT2D eigenvalue weighted by molar-refractivity contribution is 7.81. The van der Waals surface area contributed by atoms with Crippen LogP contribution in [-0.4, -0.2) is 5.25 Å². The van der Waals surface area contributed by atoms with Gasteiger partial charge in [-0.15, -0.1) is 0 Å². The molecule has 0 saturated carbocycles. The summed E-state index contributed by atoms with van der Waals surface area (Å²) in [6, 6.07) is 0. The molecule has 2 unspecified atom stereocenters. The monoisotopic (exact) mass is 160 g/mol. The van der Waals surface area contributed by atoms with Crippen LogP contribution in [0.15, 0.2) is 0 Å². The van der Waals surface area contributed by atoms with Crippen LogP contribution in [0, 0.1) is 11.8 Å². The molecule has 0 bridgehead atoms. The molecule has 10 heavy (non-hydrogen) atoms. The summed E-state index contributed by atoms with van der Waals surface area (Å²) in [5.74, 6) is 1.53. The third-order valence-electron chi connectivity index (χ3n) is 2.24. The van der Waals surface area contributed by atoms with Gasteiger partial charge in [0.25, 0.3) is 0 Å². The average Bonchev–Trinajstić information content (AvgIpc) is 1.87. The summed E-state index contributed by atoms with van der Waals surface area (Å²) < 4.78 is 0. The molecule has 2 atom stereocenters. The molecule has 0 heterocycles. The summed E-state index contributed by atoms with van der Waals surface area (Å²) in [6.45, 7) is 9.04. The molecule has 1 heteroatoms. The van der Waals surface area contributed by atoms with Crippen molar-refractivity contribution in [3.05, 3.63) is 0 Å². The van der Waals surface area contributed by atoms with Crippen molar-refractivity contribution in [2.75, 3.05) is 0 Å². The fourth-order valence-electron chi connectivity index (χ4n) is 1.00. The summed E-state index contributed by atoms with van der Waals surface area (Å²) >= 11 is 4.54. The van der Waals surface area contributed by atoms with Gasteiger partial charge in [0.1, 0.15) is 0 Å². The van der Waals surface area contributed by atoms with Crippen LogP contribution in [-0.2, 0) is 0 Å². The molecule has 0 aliphatic rings. The van der Waals surface area contributed by atoms with Crippen LogP contribution >= 0.6 is 12.6 Å². The Kier molecular flexibility index (Phi) is 5.24. The maximum Gasteiger partial charge on any atom is 0.00447 e. The third kappa shape index (κ3) is 3.50. The van der Waals surface area contributed by atoms with Crippen LogP contribution in [0.1, 0.15) is 40.5 Å². The van der Waals surface area contributed by atoms with E-state index < -0.39 is 0 Å². The highest BCUT2D eigenvalue weighted by Crippen LogP contribution is 2.22. The van der Waals surface area contributed by atoms with Crippen molar-refractivity contribution in [3.8, 4) is 0 Å². The van der Waals surface area contributed by atoms with Gasteiger partial charge >= 0.3 is 0 Å². The zero-order valence-electron chi connectivity index (χ0n) is 7.59. The summed E-state index contributed by atoms with van der Waals surface area (Å²) in [7, 11) is 0. The van der Waals surface area contributed by atoms with Gasteiger partial charge in [0.2, 0.25) is 0 Å². The lowest BCUT2D eigenvalue weighted by Gasteiger charge is -2.21. The van der Waals surface area contributed by atoms with Gasteiger partial charge in [-0.3, -0.25) is 0 Å². The van der Waals surface area contributed by atoms with Gasteiger partial charge < -0.3 is 0 Å². The molecule has 0 aromatic rings. The molecule has 0 amide bonds. The van der Waals surface area contributed by atoms with Gasteiger partial charge in [0.05, 0.1) is 0 Å². The molecule has 0 radical (unpaired) electrons. The molecule has 0 nitrogen and oxygen atoms in total. The van der Waals surface area contributed by atoms with Crippen LogP contribution in [0.2, 0.25) is 0 Å². The van der Waals surface area contributed by atoms with Gasteiger partial charge in [0.15, 0.2) is 0 Å². The SMILES string of the molecule is CCCC(S)C(C)C(C)C. The number of rotatable bonds is 4.